The number of aryl methyl sites for hydroxylation is 1. The van der Waals surface area contributed by atoms with Crippen LogP contribution in [0.3, 0.4) is 0 Å². The molecular weight excluding hydrogens is 392 g/mol. The minimum atomic E-state index is 0.272. The number of furan rings is 1. The third-order valence-electron chi connectivity index (χ3n) is 5.62. The maximum Gasteiger partial charge on any atom is 0.259 e. The van der Waals surface area contributed by atoms with Crippen molar-refractivity contribution in [1.29, 1.82) is 0 Å². The van der Waals surface area contributed by atoms with Gasteiger partial charge in [0.05, 0.1) is 6.26 Å². The van der Waals surface area contributed by atoms with Crippen LogP contribution < -0.4 is 10.6 Å². The Morgan fingerprint density at radius 3 is 2.68 bits per heavy atom. The van der Waals surface area contributed by atoms with Crippen LogP contribution in [0.4, 0.5) is 11.9 Å². The van der Waals surface area contributed by atoms with Crippen LogP contribution in [0.25, 0.3) is 17.4 Å². The normalized spacial score (nSPS) is 15.4. The molecule has 4 heterocycles. The summed E-state index contributed by atoms with van der Waals surface area (Å²) in [6, 6.07) is 14.3. The summed E-state index contributed by atoms with van der Waals surface area (Å²) in [6.07, 6.45) is 4.92. The number of nitrogens with zero attached hydrogens (tertiary/aromatic N) is 7. The monoisotopic (exact) mass is 418 g/mol. The highest BCUT2D eigenvalue weighted by atomic mass is 16.3. The number of aromatic nitrogens is 5. The van der Waals surface area contributed by atoms with Gasteiger partial charge in [0.25, 0.3) is 5.78 Å². The van der Waals surface area contributed by atoms with E-state index in [0.717, 1.165) is 52.0 Å². The van der Waals surface area contributed by atoms with Crippen LogP contribution in [-0.2, 0) is 6.42 Å². The van der Waals surface area contributed by atoms with E-state index in [1.165, 1.54) is 10.1 Å². The number of rotatable bonds is 6. The second-order valence-electron chi connectivity index (χ2n) is 7.78. The van der Waals surface area contributed by atoms with Crippen molar-refractivity contribution in [2.45, 2.75) is 19.3 Å². The largest absolute Gasteiger partial charge is 0.461 e. The van der Waals surface area contributed by atoms with Crippen molar-refractivity contribution >= 4 is 17.7 Å². The predicted molar refractivity (Wildman–Crippen MR) is 119 cm³/mol. The molecule has 0 aliphatic carbocycles. The smallest absolute Gasteiger partial charge is 0.259 e. The minimum Gasteiger partial charge on any atom is -0.461 e. The van der Waals surface area contributed by atoms with Crippen molar-refractivity contribution in [2.24, 2.45) is 0 Å². The third kappa shape index (κ3) is 4.36. The van der Waals surface area contributed by atoms with Crippen LogP contribution in [0.15, 0.2) is 53.1 Å². The van der Waals surface area contributed by atoms with Crippen molar-refractivity contribution in [1.82, 2.24) is 29.5 Å². The number of hydrogen-bond donors (Lipinski definition) is 1. The van der Waals surface area contributed by atoms with Gasteiger partial charge in [-0.25, -0.2) is 0 Å². The maximum atomic E-state index is 6.16. The number of fused-ring (bicyclic) bond motifs is 1. The molecule has 2 N–H and O–H groups in total. The van der Waals surface area contributed by atoms with Crippen LogP contribution in [0.5, 0.6) is 0 Å². The fourth-order valence-corrected chi connectivity index (χ4v) is 3.99. The summed E-state index contributed by atoms with van der Waals surface area (Å²) in [5, 5.41) is 4.37. The number of benzene rings is 1. The topological polar surface area (TPSA) is 102 Å². The number of nitrogen functional groups attached to an aromatic ring is 1. The molecule has 3 aromatic heterocycles. The number of hydrogen-bond acceptors (Lipinski definition) is 8. The predicted octanol–water partition coefficient (Wildman–Crippen LogP) is 2.51. The Labute approximate surface area is 180 Å². The Balaban J connectivity index is 1.24. The molecule has 0 radical (unpaired) electrons. The van der Waals surface area contributed by atoms with Gasteiger partial charge in [0.1, 0.15) is 0 Å². The Bertz CT molecular complexity index is 1130. The molecule has 1 aliphatic rings. The summed E-state index contributed by atoms with van der Waals surface area (Å²) in [7, 11) is 0. The molecule has 0 amide bonds. The van der Waals surface area contributed by atoms with Crippen molar-refractivity contribution in [3.8, 4) is 11.6 Å². The van der Waals surface area contributed by atoms with E-state index in [-0.39, 0.29) is 5.95 Å². The SMILES string of the molecule is Nc1nc(N2CCCN(CCCc3ccccc3)CC2)nc2nc(-c3ccco3)nn12. The third-order valence-corrected chi connectivity index (χ3v) is 5.62. The van der Waals surface area contributed by atoms with Gasteiger partial charge in [-0.2, -0.15) is 19.5 Å². The highest BCUT2D eigenvalue weighted by Gasteiger charge is 2.20. The first kappa shape index (κ1) is 19.5. The van der Waals surface area contributed by atoms with E-state index in [4.69, 9.17) is 10.2 Å². The van der Waals surface area contributed by atoms with Crippen LogP contribution in [-0.4, -0.2) is 62.2 Å². The second-order valence-corrected chi connectivity index (χ2v) is 7.78. The molecule has 1 aromatic carbocycles. The van der Waals surface area contributed by atoms with E-state index in [0.29, 0.717) is 23.3 Å². The van der Waals surface area contributed by atoms with Crippen LogP contribution >= 0.6 is 0 Å². The fraction of sp³-hybridized carbons (Fsp3) is 0.364. The number of anilines is 2. The van der Waals surface area contributed by atoms with E-state index in [2.05, 4.69) is 60.2 Å². The van der Waals surface area contributed by atoms with Crippen molar-refractivity contribution < 1.29 is 4.42 Å². The molecule has 0 spiro atoms. The van der Waals surface area contributed by atoms with E-state index >= 15 is 0 Å². The van der Waals surface area contributed by atoms with Gasteiger partial charge < -0.3 is 20.0 Å². The first-order chi connectivity index (χ1) is 15.3. The first-order valence-electron chi connectivity index (χ1n) is 10.7. The summed E-state index contributed by atoms with van der Waals surface area (Å²) in [5.74, 6) is 2.33. The lowest BCUT2D eigenvalue weighted by Gasteiger charge is -2.22. The summed E-state index contributed by atoms with van der Waals surface area (Å²) >= 11 is 0. The quantitative estimate of drug-likeness (QED) is 0.510. The Kier molecular flexibility index (Phi) is 5.49. The van der Waals surface area contributed by atoms with Gasteiger partial charge in [0.15, 0.2) is 5.76 Å². The highest BCUT2D eigenvalue weighted by molar-refractivity contribution is 5.53. The molecule has 5 rings (SSSR count). The van der Waals surface area contributed by atoms with E-state index in [1.54, 1.807) is 18.4 Å². The van der Waals surface area contributed by atoms with Crippen LogP contribution in [0, 0.1) is 0 Å². The van der Waals surface area contributed by atoms with Gasteiger partial charge in [-0.15, -0.1) is 5.10 Å². The van der Waals surface area contributed by atoms with Crippen molar-refractivity contribution in [2.75, 3.05) is 43.4 Å². The van der Waals surface area contributed by atoms with Crippen LogP contribution in [0.2, 0.25) is 0 Å². The lowest BCUT2D eigenvalue weighted by molar-refractivity contribution is 0.290. The zero-order valence-electron chi connectivity index (χ0n) is 17.4. The zero-order chi connectivity index (χ0) is 21.0. The molecule has 1 aliphatic heterocycles. The number of nitrogens with two attached hydrogens (primary N) is 1. The summed E-state index contributed by atoms with van der Waals surface area (Å²) in [4.78, 5) is 18.3. The minimum absolute atomic E-state index is 0.272. The van der Waals surface area contributed by atoms with E-state index in [9.17, 15) is 0 Å². The Morgan fingerprint density at radius 1 is 0.935 bits per heavy atom. The van der Waals surface area contributed by atoms with Gasteiger partial charge in [-0.3, -0.25) is 0 Å². The molecule has 1 saturated heterocycles. The summed E-state index contributed by atoms with van der Waals surface area (Å²) < 4.78 is 6.83. The van der Waals surface area contributed by atoms with Gasteiger partial charge in [-0.1, -0.05) is 30.3 Å². The Hall–Kier alpha value is -3.46. The van der Waals surface area contributed by atoms with E-state index in [1.807, 2.05) is 0 Å². The molecule has 1 fully saturated rings. The molecule has 31 heavy (non-hydrogen) atoms. The maximum absolute atomic E-state index is 6.16. The van der Waals surface area contributed by atoms with Crippen molar-refractivity contribution in [3.63, 3.8) is 0 Å². The molecule has 0 bridgehead atoms. The summed E-state index contributed by atoms with van der Waals surface area (Å²) in [5.41, 5.74) is 7.56. The molecule has 160 valence electrons. The highest BCUT2D eigenvalue weighted by Crippen LogP contribution is 2.19. The second kappa shape index (κ2) is 8.73. The zero-order valence-corrected chi connectivity index (χ0v) is 17.4. The average Bonchev–Trinajstić information content (AvgIpc) is 3.41. The lowest BCUT2D eigenvalue weighted by atomic mass is 10.1. The van der Waals surface area contributed by atoms with Gasteiger partial charge in [0, 0.05) is 19.6 Å². The molecule has 0 unspecified atom stereocenters. The Morgan fingerprint density at radius 2 is 1.84 bits per heavy atom. The lowest BCUT2D eigenvalue weighted by Crippen LogP contribution is -2.32. The van der Waals surface area contributed by atoms with Gasteiger partial charge in [-0.05, 0) is 50.0 Å². The standard InChI is InChI=1S/C22H26N8O/c23-20-25-21(26-22-24-19(27-30(20)22)18-10-5-16-31-18)29-13-6-12-28(14-15-29)11-4-9-17-7-2-1-3-8-17/h1-3,5,7-8,10,16H,4,6,9,11-15H2,(H2,23,24,25,26,27). The molecule has 9 heteroatoms. The van der Waals surface area contributed by atoms with Crippen molar-refractivity contribution in [3.05, 3.63) is 54.3 Å². The van der Waals surface area contributed by atoms with E-state index < -0.39 is 0 Å². The summed E-state index contributed by atoms with van der Waals surface area (Å²) in [6.45, 7) is 4.91. The van der Waals surface area contributed by atoms with Crippen LogP contribution in [0.1, 0.15) is 18.4 Å². The van der Waals surface area contributed by atoms with Gasteiger partial charge >= 0.3 is 0 Å². The molecule has 9 nitrogen and oxygen atoms in total. The fourth-order valence-electron chi connectivity index (χ4n) is 3.99. The average molecular weight is 419 g/mol. The molecule has 0 saturated carbocycles. The molecule has 4 aromatic rings. The first-order valence-corrected chi connectivity index (χ1v) is 10.7. The molecular formula is C22H26N8O. The van der Waals surface area contributed by atoms with Gasteiger partial charge in [0.2, 0.25) is 17.7 Å². The molecule has 0 atom stereocenters.